The van der Waals surface area contributed by atoms with Crippen molar-refractivity contribution < 1.29 is 4.74 Å². The van der Waals surface area contributed by atoms with Crippen molar-refractivity contribution in [3.63, 3.8) is 0 Å². The lowest BCUT2D eigenvalue weighted by atomic mass is 9.87. The first kappa shape index (κ1) is 27.1. The third-order valence-corrected chi connectivity index (χ3v) is 6.95. The topological polar surface area (TPSA) is 62.9 Å². The van der Waals surface area contributed by atoms with Gasteiger partial charge in [0.05, 0.1) is 5.69 Å². The average molecular weight is 479 g/mol. The largest absolute Gasteiger partial charge is 0.489 e. The van der Waals surface area contributed by atoms with Gasteiger partial charge in [-0.1, -0.05) is 65.8 Å². The molecule has 1 atom stereocenters. The van der Waals surface area contributed by atoms with Crippen molar-refractivity contribution in [2.45, 2.75) is 85.3 Å². The Bertz CT molecular complexity index is 942. The Balaban J connectivity index is 1.69. The number of benzene rings is 2. The van der Waals surface area contributed by atoms with Crippen LogP contribution in [0.1, 0.15) is 78.4 Å². The monoisotopic (exact) mass is 478 g/mol. The molecule has 0 saturated carbocycles. The molecular weight excluding hydrogens is 432 g/mol. The van der Waals surface area contributed by atoms with Gasteiger partial charge in [-0.25, -0.2) is 4.99 Å². The lowest BCUT2D eigenvalue weighted by Crippen LogP contribution is -2.51. The molecule has 1 unspecified atom stereocenters. The highest BCUT2D eigenvalue weighted by molar-refractivity contribution is 5.83. The molecule has 1 heterocycles. The lowest BCUT2D eigenvalue weighted by Gasteiger charge is -2.38. The van der Waals surface area contributed by atoms with E-state index in [4.69, 9.17) is 15.5 Å². The van der Waals surface area contributed by atoms with Crippen LogP contribution >= 0.6 is 0 Å². The van der Waals surface area contributed by atoms with Crippen molar-refractivity contribution in [3.8, 4) is 5.75 Å². The molecule has 1 fully saturated rings. The molecule has 5 heteroatoms. The molecule has 2 aromatic carbocycles. The number of aliphatic imine (C=N–C) groups is 1. The molecule has 1 aliphatic rings. The van der Waals surface area contributed by atoms with Crippen molar-refractivity contribution in [1.29, 1.82) is 0 Å². The van der Waals surface area contributed by atoms with E-state index in [0.29, 0.717) is 19.2 Å². The highest BCUT2D eigenvalue weighted by atomic mass is 16.5. The number of nitrogens with two attached hydrogens (primary N) is 1. The van der Waals surface area contributed by atoms with E-state index in [1.165, 1.54) is 30.4 Å². The van der Waals surface area contributed by atoms with Gasteiger partial charge in [0, 0.05) is 19.1 Å². The van der Waals surface area contributed by atoms with Crippen LogP contribution in [-0.4, -0.2) is 36.5 Å². The Morgan fingerprint density at radius 2 is 1.71 bits per heavy atom. The standard InChI is InChI=1S/C30H46N4O/c1-7-26-10-8-9-19-34(26)28(32-22-30(5,6)21-31)33-25-15-17-27(18-16-25)35-20-23-11-13-24(14-12-23)29(2,3)4/h11-18,26H,7-10,19-22,31H2,1-6H3,(H,32,33). The van der Waals surface area contributed by atoms with Crippen molar-refractivity contribution >= 4 is 11.6 Å². The smallest absolute Gasteiger partial charge is 0.199 e. The highest BCUT2D eigenvalue weighted by Gasteiger charge is 2.25. The second-order valence-corrected chi connectivity index (χ2v) is 11.6. The van der Waals surface area contributed by atoms with E-state index >= 15 is 0 Å². The maximum absolute atomic E-state index is 6.05. The SMILES string of the molecule is CCC1CCCCN1/C(=N\c1ccc(OCc2ccc(C(C)(C)C)cc2)cc1)NCC(C)(C)CN. The summed E-state index contributed by atoms with van der Waals surface area (Å²) in [5.41, 5.74) is 9.60. The number of hydrogen-bond acceptors (Lipinski definition) is 3. The molecule has 1 saturated heterocycles. The van der Waals surface area contributed by atoms with E-state index in [2.05, 4.69) is 76.0 Å². The zero-order chi connectivity index (χ0) is 25.5. The Morgan fingerprint density at radius 3 is 2.31 bits per heavy atom. The molecule has 0 radical (unpaired) electrons. The van der Waals surface area contributed by atoms with Crippen molar-refractivity contribution in [2.75, 3.05) is 19.6 Å². The molecule has 3 N–H and O–H groups in total. The molecule has 35 heavy (non-hydrogen) atoms. The van der Waals surface area contributed by atoms with Gasteiger partial charge in [-0.05, 0) is 78.5 Å². The summed E-state index contributed by atoms with van der Waals surface area (Å²) in [4.78, 5) is 7.51. The predicted octanol–water partition coefficient (Wildman–Crippen LogP) is 6.39. The summed E-state index contributed by atoms with van der Waals surface area (Å²) in [5.74, 6) is 1.82. The van der Waals surface area contributed by atoms with Crippen LogP contribution in [0.15, 0.2) is 53.5 Å². The summed E-state index contributed by atoms with van der Waals surface area (Å²) in [5, 5.41) is 3.63. The number of likely N-dealkylation sites (tertiary alicyclic amines) is 1. The Hall–Kier alpha value is -2.53. The van der Waals surface area contributed by atoms with Gasteiger partial charge in [0.25, 0.3) is 0 Å². The van der Waals surface area contributed by atoms with E-state index in [1.807, 2.05) is 24.3 Å². The zero-order valence-corrected chi connectivity index (χ0v) is 22.7. The first-order chi connectivity index (χ1) is 16.6. The molecular formula is C30H46N4O. The molecule has 1 aliphatic heterocycles. The second-order valence-electron chi connectivity index (χ2n) is 11.6. The number of piperidine rings is 1. The molecule has 0 spiro atoms. The Morgan fingerprint density at radius 1 is 1.03 bits per heavy atom. The van der Waals surface area contributed by atoms with Crippen LogP contribution < -0.4 is 15.8 Å². The number of rotatable bonds is 8. The number of ether oxygens (including phenoxy) is 1. The molecule has 0 bridgehead atoms. The summed E-state index contributed by atoms with van der Waals surface area (Å²) in [6.07, 6.45) is 4.86. The molecule has 5 nitrogen and oxygen atoms in total. The van der Waals surface area contributed by atoms with Gasteiger partial charge in [-0.3, -0.25) is 0 Å². The molecule has 0 aromatic heterocycles. The highest BCUT2D eigenvalue weighted by Crippen LogP contribution is 2.25. The summed E-state index contributed by atoms with van der Waals surface area (Å²) < 4.78 is 6.05. The van der Waals surface area contributed by atoms with Crippen LogP contribution in [0.4, 0.5) is 5.69 Å². The van der Waals surface area contributed by atoms with Crippen LogP contribution in [0.25, 0.3) is 0 Å². The lowest BCUT2D eigenvalue weighted by molar-refractivity contribution is 0.225. The number of nitrogens with zero attached hydrogens (tertiary/aromatic N) is 2. The number of hydrogen-bond donors (Lipinski definition) is 2. The maximum atomic E-state index is 6.05. The first-order valence-electron chi connectivity index (χ1n) is 13.2. The summed E-state index contributed by atoms with van der Waals surface area (Å²) in [7, 11) is 0. The van der Waals surface area contributed by atoms with Gasteiger partial charge < -0.3 is 20.7 Å². The van der Waals surface area contributed by atoms with Gasteiger partial charge in [-0.2, -0.15) is 0 Å². The fraction of sp³-hybridized carbons (Fsp3) is 0.567. The molecule has 3 rings (SSSR count). The van der Waals surface area contributed by atoms with Crippen molar-refractivity contribution in [1.82, 2.24) is 10.2 Å². The van der Waals surface area contributed by atoms with Crippen LogP contribution in [0.3, 0.4) is 0 Å². The van der Waals surface area contributed by atoms with Crippen LogP contribution in [0.5, 0.6) is 5.75 Å². The fourth-order valence-corrected chi connectivity index (χ4v) is 4.31. The minimum absolute atomic E-state index is 0.0149. The zero-order valence-electron chi connectivity index (χ0n) is 22.7. The van der Waals surface area contributed by atoms with Gasteiger partial charge in [0.1, 0.15) is 12.4 Å². The summed E-state index contributed by atoms with van der Waals surface area (Å²) in [6.45, 7) is 16.4. The van der Waals surface area contributed by atoms with Gasteiger partial charge in [-0.15, -0.1) is 0 Å². The van der Waals surface area contributed by atoms with Gasteiger partial charge in [0.2, 0.25) is 0 Å². The van der Waals surface area contributed by atoms with Crippen LogP contribution in [-0.2, 0) is 12.0 Å². The van der Waals surface area contributed by atoms with Crippen LogP contribution in [0, 0.1) is 5.41 Å². The normalized spacial score (nSPS) is 17.4. The number of nitrogens with one attached hydrogen (secondary N) is 1. The molecule has 192 valence electrons. The Labute approximate surface area is 213 Å². The fourth-order valence-electron chi connectivity index (χ4n) is 4.31. The maximum Gasteiger partial charge on any atom is 0.199 e. The van der Waals surface area contributed by atoms with E-state index in [-0.39, 0.29) is 10.8 Å². The second kappa shape index (κ2) is 11.9. The first-order valence-corrected chi connectivity index (χ1v) is 13.2. The van der Waals surface area contributed by atoms with Gasteiger partial charge >= 0.3 is 0 Å². The van der Waals surface area contributed by atoms with Crippen LogP contribution in [0.2, 0.25) is 0 Å². The predicted molar refractivity (Wildman–Crippen MR) is 148 cm³/mol. The molecule has 0 aliphatic carbocycles. The quantitative estimate of drug-likeness (QED) is 0.341. The van der Waals surface area contributed by atoms with E-state index in [9.17, 15) is 0 Å². The number of guanidine groups is 1. The van der Waals surface area contributed by atoms with Crippen molar-refractivity contribution in [2.24, 2.45) is 16.1 Å². The Kier molecular flexibility index (Phi) is 9.23. The average Bonchev–Trinajstić information content (AvgIpc) is 2.85. The van der Waals surface area contributed by atoms with Crippen molar-refractivity contribution in [3.05, 3.63) is 59.7 Å². The third kappa shape index (κ3) is 7.99. The minimum atomic E-state index is 0.0149. The molecule has 2 aromatic rings. The van der Waals surface area contributed by atoms with E-state index in [1.54, 1.807) is 0 Å². The van der Waals surface area contributed by atoms with E-state index in [0.717, 1.165) is 36.9 Å². The molecule has 0 amide bonds. The third-order valence-electron chi connectivity index (χ3n) is 6.95. The van der Waals surface area contributed by atoms with Gasteiger partial charge in [0.15, 0.2) is 5.96 Å². The van der Waals surface area contributed by atoms with E-state index < -0.39 is 0 Å². The minimum Gasteiger partial charge on any atom is -0.489 e. The summed E-state index contributed by atoms with van der Waals surface area (Å²) >= 11 is 0. The summed E-state index contributed by atoms with van der Waals surface area (Å²) in [6, 6.07) is 17.3.